The van der Waals surface area contributed by atoms with Crippen molar-refractivity contribution in [2.45, 2.75) is 20.0 Å². The molecule has 1 aromatic carbocycles. The first-order chi connectivity index (χ1) is 8.28. The van der Waals surface area contributed by atoms with Crippen LogP contribution in [-0.4, -0.2) is 16.7 Å². The van der Waals surface area contributed by atoms with Crippen molar-refractivity contribution in [1.29, 1.82) is 0 Å². The Hall–Kier alpha value is -1.39. The third-order valence-corrected chi connectivity index (χ3v) is 3.19. The van der Waals surface area contributed by atoms with Crippen molar-refractivity contribution in [2.24, 2.45) is 0 Å². The third-order valence-electron chi connectivity index (χ3n) is 2.32. The molecule has 0 spiro atoms. The first kappa shape index (κ1) is 12.1. The zero-order valence-electron chi connectivity index (χ0n) is 9.72. The molecule has 2 rings (SSSR count). The van der Waals surface area contributed by atoms with Crippen LogP contribution in [0.15, 0.2) is 29.6 Å². The number of benzene rings is 1. The second-order valence-electron chi connectivity index (χ2n) is 3.81. The fourth-order valence-electron chi connectivity index (χ4n) is 1.49. The Labute approximate surface area is 105 Å². The number of rotatable bonds is 5. The van der Waals surface area contributed by atoms with Gasteiger partial charge in [-0.1, -0.05) is 12.1 Å². The Kier molecular flexibility index (Phi) is 4.12. The number of ether oxygens (including phenoxy) is 1. The van der Waals surface area contributed by atoms with Gasteiger partial charge in [0.25, 0.3) is 0 Å². The maximum atomic E-state index is 8.80. The van der Waals surface area contributed by atoms with Gasteiger partial charge in [-0.2, -0.15) is 0 Å². The Morgan fingerprint density at radius 1 is 1.41 bits per heavy atom. The largest absolute Gasteiger partial charge is 0.486 e. The van der Waals surface area contributed by atoms with E-state index in [1.54, 1.807) is 11.3 Å². The van der Waals surface area contributed by atoms with Crippen LogP contribution in [0.3, 0.4) is 0 Å². The van der Waals surface area contributed by atoms with Crippen LogP contribution in [0.2, 0.25) is 0 Å². The maximum absolute atomic E-state index is 8.80. The minimum atomic E-state index is 0.141. The highest BCUT2D eigenvalue weighted by Crippen LogP contribution is 2.16. The van der Waals surface area contributed by atoms with Crippen molar-refractivity contribution >= 4 is 11.3 Å². The smallest absolute Gasteiger partial charge is 0.140 e. The average molecular weight is 249 g/mol. The molecule has 0 amide bonds. The Morgan fingerprint density at radius 3 is 3.06 bits per heavy atom. The number of hydrogen-bond donors (Lipinski definition) is 1. The Bertz CT molecular complexity index is 482. The lowest BCUT2D eigenvalue weighted by Crippen LogP contribution is -1.96. The fourth-order valence-corrected chi connectivity index (χ4v) is 2.23. The molecule has 2 aromatic rings. The highest BCUT2D eigenvalue weighted by molar-refractivity contribution is 7.09. The highest BCUT2D eigenvalue weighted by atomic mass is 32.1. The van der Waals surface area contributed by atoms with Crippen molar-refractivity contribution < 1.29 is 9.84 Å². The maximum Gasteiger partial charge on any atom is 0.140 e. The Balaban J connectivity index is 1.93. The highest BCUT2D eigenvalue weighted by Gasteiger charge is 2.02. The minimum Gasteiger partial charge on any atom is -0.486 e. The third kappa shape index (κ3) is 3.54. The number of thiazole rings is 1. The van der Waals surface area contributed by atoms with Crippen molar-refractivity contribution in [3.63, 3.8) is 0 Å². The normalized spacial score (nSPS) is 10.5. The van der Waals surface area contributed by atoms with E-state index >= 15 is 0 Å². The molecule has 0 saturated carbocycles. The van der Waals surface area contributed by atoms with E-state index in [0.29, 0.717) is 13.0 Å². The number of aliphatic hydroxyl groups excluding tert-OH is 1. The molecule has 1 N–H and O–H groups in total. The zero-order valence-corrected chi connectivity index (χ0v) is 10.5. The van der Waals surface area contributed by atoms with Crippen molar-refractivity contribution in [1.82, 2.24) is 4.98 Å². The molecule has 0 saturated heterocycles. The molecule has 17 heavy (non-hydrogen) atoms. The molecule has 0 radical (unpaired) electrons. The molecule has 0 aliphatic rings. The van der Waals surface area contributed by atoms with E-state index in [-0.39, 0.29) is 6.61 Å². The summed E-state index contributed by atoms with van der Waals surface area (Å²) in [5.74, 6) is 0.865. The predicted molar refractivity (Wildman–Crippen MR) is 68.4 cm³/mol. The van der Waals surface area contributed by atoms with Crippen LogP contribution >= 0.6 is 11.3 Å². The van der Waals surface area contributed by atoms with Crippen LogP contribution < -0.4 is 4.74 Å². The lowest BCUT2D eigenvalue weighted by atomic mass is 10.2. The van der Waals surface area contributed by atoms with E-state index in [0.717, 1.165) is 16.5 Å². The van der Waals surface area contributed by atoms with Crippen molar-refractivity contribution in [2.75, 3.05) is 6.61 Å². The molecule has 4 heteroatoms. The summed E-state index contributed by atoms with van der Waals surface area (Å²) < 4.78 is 5.65. The second-order valence-corrected chi connectivity index (χ2v) is 4.75. The van der Waals surface area contributed by atoms with Crippen molar-refractivity contribution in [3.05, 3.63) is 45.9 Å². The number of aliphatic hydroxyl groups is 1. The van der Waals surface area contributed by atoms with Gasteiger partial charge in [-0.15, -0.1) is 11.3 Å². The van der Waals surface area contributed by atoms with Gasteiger partial charge in [-0.3, -0.25) is 0 Å². The number of aromatic nitrogens is 1. The summed E-state index contributed by atoms with van der Waals surface area (Å²) in [7, 11) is 0. The van der Waals surface area contributed by atoms with Gasteiger partial charge in [-0.05, 0) is 24.6 Å². The van der Waals surface area contributed by atoms with Gasteiger partial charge >= 0.3 is 0 Å². The summed E-state index contributed by atoms with van der Waals surface area (Å²) >= 11 is 1.57. The first-order valence-electron chi connectivity index (χ1n) is 5.51. The predicted octanol–water partition coefficient (Wildman–Crippen LogP) is 2.57. The molecule has 0 bridgehead atoms. The Morgan fingerprint density at radius 2 is 2.29 bits per heavy atom. The van der Waals surface area contributed by atoms with Crippen LogP contribution in [0.5, 0.6) is 5.75 Å². The van der Waals surface area contributed by atoms with Gasteiger partial charge in [0, 0.05) is 18.4 Å². The molecule has 0 fully saturated rings. The molecule has 0 atom stereocenters. The van der Waals surface area contributed by atoms with Gasteiger partial charge in [0.15, 0.2) is 0 Å². The monoisotopic (exact) mass is 249 g/mol. The first-order valence-corrected chi connectivity index (χ1v) is 6.39. The van der Waals surface area contributed by atoms with Crippen LogP contribution in [0.1, 0.15) is 16.3 Å². The molecular formula is C13H15NO2S. The topological polar surface area (TPSA) is 42.4 Å². The summed E-state index contributed by atoms with van der Waals surface area (Å²) in [6.07, 6.45) is 0.612. The molecule has 1 aromatic heterocycles. The van der Waals surface area contributed by atoms with E-state index in [4.69, 9.17) is 9.84 Å². The summed E-state index contributed by atoms with van der Waals surface area (Å²) in [6.45, 7) is 2.66. The zero-order chi connectivity index (χ0) is 12.1. The quantitative estimate of drug-likeness (QED) is 0.885. The van der Waals surface area contributed by atoms with Gasteiger partial charge in [0.2, 0.25) is 0 Å². The molecule has 3 nitrogen and oxygen atoms in total. The number of hydrogen-bond acceptors (Lipinski definition) is 4. The van der Waals surface area contributed by atoms with E-state index in [1.165, 1.54) is 5.56 Å². The van der Waals surface area contributed by atoms with Crippen LogP contribution in [0.25, 0.3) is 0 Å². The van der Waals surface area contributed by atoms with Crippen LogP contribution in [-0.2, 0) is 13.0 Å². The average Bonchev–Trinajstić information content (AvgIpc) is 2.75. The minimum absolute atomic E-state index is 0.141. The SMILES string of the molecule is Cc1cccc(OCc2nc(CCO)cs2)c1. The van der Waals surface area contributed by atoms with Gasteiger partial charge in [0.1, 0.15) is 17.4 Å². The summed E-state index contributed by atoms with van der Waals surface area (Å²) in [6, 6.07) is 7.96. The molecule has 0 aliphatic heterocycles. The lowest BCUT2D eigenvalue weighted by molar-refractivity contribution is 0.295. The molecular weight excluding hydrogens is 234 g/mol. The molecule has 90 valence electrons. The van der Waals surface area contributed by atoms with Crippen LogP contribution in [0.4, 0.5) is 0 Å². The van der Waals surface area contributed by atoms with Crippen LogP contribution in [0, 0.1) is 6.92 Å². The summed E-state index contributed by atoms with van der Waals surface area (Å²) in [4.78, 5) is 4.37. The number of nitrogens with zero attached hydrogens (tertiary/aromatic N) is 1. The molecule has 0 aliphatic carbocycles. The standard InChI is InChI=1S/C13H15NO2S/c1-10-3-2-4-12(7-10)16-8-13-14-11(5-6-15)9-17-13/h2-4,7,9,15H,5-6,8H2,1H3. The lowest BCUT2D eigenvalue weighted by Gasteiger charge is -2.04. The second kappa shape index (κ2) is 5.80. The number of aryl methyl sites for hydroxylation is 1. The molecule has 1 heterocycles. The fraction of sp³-hybridized carbons (Fsp3) is 0.308. The van der Waals surface area contributed by atoms with E-state index in [1.807, 2.05) is 36.6 Å². The molecule has 0 unspecified atom stereocenters. The van der Waals surface area contributed by atoms with Gasteiger partial charge < -0.3 is 9.84 Å². The van der Waals surface area contributed by atoms with E-state index in [9.17, 15) is 0 Å². The van der Waals surface area contributed by atoms with E-state index < -0.39 is 0 Å². The van der Waals surface area contributed by atoms with Gasteiger partial charge in [0.05, 0.1) is 5.69 Å². The van der Waals surface area contributed by atoms with E-state index in [2.05, 4.69) is 4.98 Å². The van der Waals surface area contributed by atoms with Gasteiger partial charge in [-0.25, -0.2) is 4.98 Å². The summed E-state index contributed by atoms with van der Waals surface area (Å²) in [5.41, 5.74) is 2.11. The summed E-state index contributed by atoms with van der Waals surface area (Å²) in [5, 5.41) is 11.7. The van der Waals surface area contributed by atoms with Crippen molar-refractivity contribution in [3.8, 4) is 5.75 Å².